The minimum absolute atomic E-state index is 0.178. The molecule has 0 bridgehead atoms. The number of rotatable bonds is 6. The molecule has 19 heavy (non-hydrogen) atoms. The van der Waals surface area contributed by atoms with E-state index in [2.05, 4.69) is 14.9 Å². The van der Waals surface area contributed by atoms with Gasteiger partial charge in [-0.2, -0.15) is 5.10 Å². The van der Waals surface area contributed by atoms with Crippen molar-refractivity contribution in [3.63, 3.8) is 0 Å². The largest absolute Gasteiger partial charge is 0.494 e. The van der Waals surface area contributed by atoms with Gasteiger partial charge in [-0.3, -0.25) is 9.82 Å². The van der Waals surface area contributed by atoms with Gasteiger partial charge in [-0.25, -0.2) is 8.42 Å². The second kappa shape index (κ2) is 5.75. The summed E-state index contributed by atoms with van der Waals surface area (Å²) in [6, 6.07) is 6.29. The zero-order chi connectivity index (χ0) is 13.7. The van der Waals surface area contributed by atoms with Gasteiger partial charge in [0.1, 0.15) is 5.75 Å². The Morgan fingerprint density at radius 1 is 1.32 bits per heavy atom. The Hall–Kier alpha value is -2.02. The molecule has 0 unspecified atom stereocenters. The van der Waals surface area contributed by atoms with Gasteiger partial charge < -0.3 is 4.74 Å². The summed E-state index contributed by atoms with van der Waals surface area (Å²) in [6.07, 6.45) is 3.77. The Morgan fingerprint density at radius 2 is 2.05 bits per heavy atom. The van der Waals surface area contributed by atoms with Crippen LogP contribution in [0.5, 0.6) is 5.75 Å². The van der Waals surface area contributed by atoms with Crippen LogP contribution >= 0.6 is 0 Å². The smallest absolute Gasteiger partial charge is 0.261 e. The van der Waals surface area contributed by atoms with Crippen molar-refractivity contribution >= 4 is 15.7 Å². The van der Waals surface area contributed by atoms with Crippen molar-refractivity contribution in [2.45, 2.75) is 18.2 Å². The number of sulfonamides is 1. The van der Waals surface area contributed by atoms with Crippen molar-refractivity contribution in [2.24, 2.45) is 0 Å². The summed E-state index contributed by atoms with van der Waals surface area (Å²) in [5, 5.41) is 6.22. The average Bonchev–Trinajstić information content (AvgIpc) is 2.89. The van der Waals surface area contributed by atoms with Crippen molar-refractivity contribution in [2.75, 3.05) is 11.3 Å². The second-order valence-corrected chi connectivity index (χ2v) is 5.59. The van der Waals surface area contributed by atoms with Crippen LogP contribution in [0.25, 0.3) is 0 Å². The van der Waals surface area contributed by atoms with E-state index in [1.807, 2.05) is 6.92 Å². The third-order valence-corrected chi connectivity index (χ3v) is 3.75. The molecule has 2 aromatic rings. The number of anilines is 1. The molecule has 2 rings (SSSR count). The third-order valence-electron chi connectivity index (χ3n) is 2.36. The maximum atomic E-state index is 12.0. The first kappa shape index (κ1) is 13.4. The molecule has 0 saturated heterocycles. The fourth-order valence-corrected chi connectivity index (χ4v) is 2.49. The fraction of sp³-hybridized carbons (Fsp3) is 0.250. The van der Waals surface area contributed by atoms with Gasteiger partial charge in [0.15, 0.2) is 0 Å². The molecule has 102 valence electrons. The average molecular weight is 281 g/mol. The van der Waals surface area contributed by atoms with Crippen molar-refractivity contribution < 1.29 is 13.2 Å². The Labute approximate surface area is 111 Å². The van der Waals surface area contributed by atoms with E-state index in [1.54, 1.807) is 12.1 Å². The third kappa shape index (κ3) is 3.47. The maximum absolute atomic E-state index is 12.0. The predicted octanol–water partition coefficient (Wildman–Crippen LogP) is 2.00. The number of hydrogen-bond donors (Lipinski definition) is 2. The SMILES string of the molecule is CCCOc1ccc(S(=O)(=O)Nc2cn[nH]c2)cc1. The molecule has 0 spiro atoms. The molecule has 1 aromatic heterocycles. The molecule has 0 aliphatic heterocycles. The van der Waals surface area contributed by atoms with E-state index in [1.165, 1.54) is 24.5 Å². The molecule has 0 fully saturated rings. The van der Waals surface area contributed by atoms with Gasteiger partial charge in [0.2, 0.25) is 0 Å². The lowest BCUT2D eigenvalue weighted by Crippen LogP contribution is -2.12. The van der Waals surface area contributed by atoms with Crippen LogP contribution in [0, 0.1) is 0 Å². The lowest BCUT2D eigenvalue weighted by atomic mass is 10.3. The van der Waals surface area contributed by atoms with Crippen molar-refractivity contribution in [1.29, 1.82) is 0 Å². The zero-order valence-electron chi connectivity index (χ0n) is 10.5. The van der Waals surface area contributed by atoms with Gasteiger partial charge in [-0.05, 0) is 30.7 Å². The first-order valence-electron chi connectivity index (χ1n) is 5.86. The number of H-pyrrole nitrogens is 1. The van der Waals surface area contributed by atoms with Crippen LogP contribution in [0.4, 0.5) is 5.69 Å². The molecule has 2 N–H and O–H groups in total. The van der Waals surface area contributed by atoms with Crippen LogP contribution in [0.15, 0.2) is 41.6 Å². The Morgan fingerprint density at radius 3 is 2.63 bits per heavy atom. The number of aromatic nitrogens is 2. The van der Waals surface area contributed by atoms with Gasteiger partial charge in [0.25, 0.3) is 10.0 Å². The molecule has 0 radical (unpaired) electrons. The quantitative estimate of drug-likeness (QED) is 0.848. The second-order valence-electron chi connectivity index (χ2n) is 3.91. The molecular formula is C12H15N3O3S. The van der Waals surface area contributed by atoms with E-state index in [-0.39, 0.29) is 4.90 Å². The molecule has 0 atom stereocenters. The first-order valence-corrected chi connectivity index (χ1v) is 7.34. The van der Waals surface area contributed by atoms with Crippen LogP contribution in [-0.4, -0.2) is 25.2 Å². The highest BCUT2D eigenvalue weighted by atomic mass is 32.2. The Balaban J connectivity index is 2.12. The van der Waals surface area contributed by atoms with E-state index in [0.29, 0.717) is 18.0 Å². The van der Waals surface area contributed by atoms with Crippen molar-refractivity contribution in [3.8, 4) is 5.75 Å². The van der Waals surface area contributed by atoms with Crippen LogP contribution < -0.4 is 9.46 Å². The summed E-state index contributed by atoms with van der Waals surface area (Å²) < 4.78 is 31.9. The van der Waals surface area contributed by atoms with E-state index in [4.69, 9.17) is 4.74 Å². The molecule has 7 heteroatoms. The highest BCUT2D eigenvalue weighted by Gasteiger charge is 2.14. The summed E-state index contributed by atoms with van der Waals surface area (Å²) in [6.45, 7) is 2.62. The van der Waals surface area contributed by atoms with Crippen LogP contribution in [0.3, 0.4) is 0 Å². The van der Waals surface area contributed by atoms with E-state index < -0.39 is 10.0 Å². The number of ether oxygens (including phenoxy) is 1. The van der Waals surface area contributed by atoms with E-state index in [0.717, 1.165) is 6.42 Å². The van der Waals surface area contributed by atoms with E-state index >= 15 is 0 Å². The summed E-state index contributed by atoms with van der Waals surface area (Å²) in [5.74, 6) is 0.657. The molecule has 1 aromatic carbocycles. The van der Waals surface area contributed by atoms with Crippen molar-refractivity contribution in [3.05, 3.63) is 36.7 Å². The highest BCUT2D eigenvalue weighted by molar-refractivity contribution is 7.92. The molecule has 0 aliphatic rings. The maximum Gasteiger partial charge on any atom is 0.261 e. The number of aromatic amines is 1. The molecule has 0 aliphatic carbocycles. The minimum Gasteiger partial charge on any atom is -0.494 e. The fourth-order valence-electron chi connectivity index (χ4n) is 1.46. The summed E-state index contributed by atoms with van der Waals surface area (Å²) >= 11 is 0. The number of benzene rings is 1. The monoisotopic (exact) mass is 281 g/mol. The number of nitrogens with one attached hydrogen (secondary N) is 2. The van der Waals surface area contributed by atoms with Gasteiger partial charge in [-0.15, -0.1) is 0 Å². The normalized spacial score (nSPS) is 11.2. The Kier molecular flexibility index (Phi) is 4.06. The lowest BCUT2D eigenvalue weighted by Gasteiger charge is -2.07. The lowest BCUT2D eigenvalue weighted by molar-refractivity contribution is 0.317. The highest BCUT2D eigenvalue weighted by Crippen LogP contribution is 2.18. The van der Waals surface area contributed by atoms with Gasteiger partial charge in [0.05, 0.1) is 23.4 Å². The Bertz CT molecular complexity index is 606. The van der Waals surface area contributed by atoms with Gasteiger partial charge in [-0.1, -0.05) is 6.92 Å². The summed E-state index contributed by atoms with van der Waals surface area (Å²) in [4.78, 5) is 0.178. The van der Waals surface area contributed by atoms with Crippen LogP contribution in [0.2, 0.25) is 0 Å². The summed E-state index contributed by atoms with van der Waals surface area (Å²) in [5.41, 5.74) is 0.395. The first-order chi connectivity index (χ1) is 9.12. The molecular weight excluding hydrogens is 266 g/mol. The van der Waals surface area contributed by atoms with Crippen LogP contribution in [0.1, 0.15) is 13.3 Å². The van der Waals surface area contributed by atoms with Crippen LogP contribution in [-0.2, 0) is 10.0 Å². The number of nitrogens with zero attached hydrogens (tertiary/aromatic N) is 1. The van der Waals surface area contributed by atoms with Gasteiger partial charge >= 0.3 is 0 Å². The standard InChI is InChI=1S/C12H15N3O3S/c1-2-7-18-11-3-5-12(6-4-11)19(16,17)15-10-8-13-14-9-10/h3-6,8-9,15H,2,7H2,1H3,(H,13,14). The summed E-state index contributed by atoms with van der Waals surface area (Å²) in [7, 11) is -3.59. The predicted molar refractivity (Wildman–Crippen MR) is 71.6 cm³/mol. The molecule has 1 heterocycles. The zero-order valence-corrected chi connectivity index (χ0v) is 11.3. The topological polar surface area (TPSA) is 84.1 Å². The molecule has 0 amide bonds. The van der Waals surface area contributed by atoms with Gasteiger partial charge in [0, 0.05) is 6.20 Å². The van der Waals surface area contributed by atoms with Crippen molar-refractivity contribution in [1.82, 2.24) is 10.2 Å². The molecule has 0 saturated carbocycles. The number of hydrogen-bond acceptors (Lipinski definition) is 4. The molecule has 6 nitrogen and oxygen atoms in total. The van der Waals surface area contributed by atoms with E-state index in [9.17, 15) is 8.42 Å². The minimum atomic E-state index is -3.59.